The van der Waals surface area contributed by atoms with Gasteiger partial charge in [0.1, 0.15) is 12.1 Å². The highest BCUT2D eigenvalue weighted by atomic mass is 16.2. The smallest absolute Gasteiger partial charge is 0.294 e. The Balaban J connectivity index is 1.73. The fourth-order valence-corrected chi connectivity index (χ4v) is 4.82. The summed E-state index contributed by atoms with van der Waals surface area (Å²) >= 11 is 0. The van der Waals surface area contributed by atoms with Crippen LogP contribution in [0.2, 0.25) is 0 Å². The molecule has 4 aromatic rings. The molecule has 1 saturated heterocycles. The predicted octanol–water partition coefficient (Wildman–Crippen LogP) is 0.392. The van der Waals surface area contributed by atoms with E-state index in [-0.39, 0.29) is 30.2 Å². The van der Waals surface area contributed by atoms with E-state index in [0.717, 1.165) is 28.4 Å². The lowest BCUT2D eigenvalue weighted by Crippen LogP contribution is -2.44. The van der Waals surface area contributed by atoms with Crippen molar-refractivity contribution < 1.29 is 4.79 Å². The first-order valence-corrected chi connectivity index (χ1v) is 12.1. The summed E-state index contributed by atoms with van der Waals surface area (Å²) in [6.45, 7) is 2.63. The van der Waals surface area contributed by atoms with Crippen LogP contribution in [0.1, 0.15) is 25.5 Å². The van der Waals surface area contributed by atoms with Crippen LogP contribution in [-0.4, -0.2) is 48.9 Å². The summed E-state index contributed by atoms with van der Waals surface area (Å²) in [6, 6.07) is 11.3. The molecule has 0 radical (unpaired) electrons. The minimum absolute atomic E-state index is 0.0268. The zero-order valence-corrected chi connectivity index (χ0v) is 20.6. The molecule has 0 bridgehead atoms. The zero-order valence-electron chi connectivity index (χ0n) is 20.6. The van der Waals surface area contributed by atoms with Gasteiger partial charge in [0.25, 0.3) is 11.1 Å². The molecule has 1 aromatic carbocycles. The maximum atomic E-state index is 14.0. The van der Waals surface area contributed by atoms with Crippen molar-refractivity contribution in [3.63, 3.8) is 0 Å². The van der Waals surface area contributed by atoms with E-state index < -0.39 is 23.6 Å². The predicted molar refractivity (Wildman–Crippen MR) is 141 cm³/mol. The van der Waals surface area contributed by atoms with Crippen molar-refractivity contribution in [2.75, 3.05) is 18.0 Å². The number of hydrogen-bond acceptors (Lipinski definition) is 7. The number of fused-ring (bicyclic) bond motifs is 2. The van der Waals surface area contributed by atoms with E-state index in [0.29, 0.717) is 24.7 Å². The van der Waals surface area contributed by atoms with Crippen LogP contribution in [0.5, 0.6) is 0 Å². The number of carbonyl (C=O) groups is 1. The van der Waals surface area contributed by atoms with Crippen LogP contribution in [-0.2, 0) is 24.4 Å². The van der Waals surface area contributed by atoms with Crippen LogP contribution in [0.15, 0.2) is 46.0 Å². The van der Waals surface area contributed by atoms with E-state index in [4.69, 9.17) is 11.5 Å². The molecule has 37 heavy (non-hydrogen) atoms. The zero-order chi connectivity index (χ0) is 26.1. The largest absolute Gasteiger partial charge is 0.368 e. The van der Waals surface area contributed by atoms with Gasteiger partial charge in [0, 0.05) is 24.5 Å². The van der Waals surface area contributed by atoms with E-state index in [1.807, 2.05) is 35.2 Å². The number of primary amides is 1. The third-order valence-electron chi connectivity index (χ3n) is 6.54. The number of aromatic nitrogens is 5. The number of nitrogens with two attached hydrogens (primary N) is 2. The highest BCUT2D eigenvalue weighted by Crippen LogP contribution is 2.22. The minimum Gasteiger partial charge on any atom is -0.368 e. The average molecular weight is 501 g/mol. The number of hydrogen-bond donors (Lipinski definition) is 2. The Labute approximate surface area is 212 Å². The SMILES string of the molecule is CC#CCn1c(N2CCC[C@@H](N)C2)nc2c(=O)n(CC(N)=O)n(Cc3ccc4ccccc4n3)c(=O)c21. The number of amides is 1. The molecule has 4 N–H and O–H groups in total. The maximum Gasteiger partial charge on any atom is 0.294 e. The third-order valence-corrected chi connectivity index (χ3v) is 6.54. The number of nitrogens with zero attached hydrogens (tertiary/aromatic N) is 6. The highest BCUT2D eigenvalue weighted by molar-refractivity contribution is 5.79. The lowest BCUT2D eigenvalue weighted by atomic mass is 10.1. The molecule has 190 valence electrons. The molecule has 11 nitrogen and oxygen atoms in total. The van der Waals surface area contributed by atoms with E-state index in [1.54, 1.807) is 17.6 Å². The third kappa shape index (κ3) is 4.59. The minimum atomic E-state index is -0.750. The number of anilines is 1. The Morgan fingerprint density at radius 3 is 2.68 bits per heavy atom. The molecule has 0 spiro atoms. The Morgan fingerprint density at radius 2 is 1.92 bits per heavy atom. The summed E-state index contributed by atoms with van der Waals surface area (Å²) in [5.74, 6) is 5.55. The van der Waals surface area contributed by atoms with Gasteiger partial charge in [-0.3, -0.25) is 23.9 Å². The number of benzene rings is 1. The number of rotatable bonds is 6. The van der Waals surface area contributed by atoms with E-state index in [2.05, 4.69) is 21.8 Å². The van der Waals surface area contributed by atoms with Gasteiger partial charge < -0.3 is 16.4 Å². The van der Waals surface area contributed by atoms with Gasteiger partial charge in [0.15, 0.2) is 5.52 Å². The van der Waals surface area contributed by atoms with Crippen LogP contribution < -0.4 is 27.5 Å². The molecule has 1 fully saturated rings. The van der Waals surface area contributed by atoms with Crippen LogP contribution in [0.25, 0.3) is 21.9 Å². The molecule has 11 heteroatoms. The van der Waals surface area contributed by atoms with Crippen LogP contribution in [0.3, 0.4) is 0 Å². The molecule has 0 unspecified atom stereocenters. The van der Waals surface area contributed by atoms with E-state index in [1.165, 1.54) is 4.68 Å². The van der Waals surface area contributed by atoms with Crippen LogP contribution >= 0.6 is 0 Å². The fourth-order valence-electron chi connectivity index (χ4n) is 4.82. The van der Waals surface area contributed by atoms with Crippen LogP contribution in [0, 0.1) is 11.8 Å². The molecular formula is C26H28N8O3. The second kappa shape index (κ2) is 9.91. The number of carbonyl (C=O) groups excluding carboxylic acids is 1. The maximum absolute atomic E-state index is 14.0. The van der Waals surface area contributed by atoms with Gasteiger partial charge in [-0.1, -0.05) is 30.2 Å². The summed E-state index contributed by atoms with van der Waals surface area (Å²) in [5.41, 5.74) is 12.0. The Kier molecular flexibility index (Phi) is 6.50. The highest BCUT2D eigenvalue weighted by Gasteiger charge is 2.27. The quantitative estimate of drug-likeness (QED) is 0.364. The Morgan fingerprint density at radius 1 is 1.11 bits per heavy atom. The first-order valence-electron chi connectivity index (χ1n) is 12.1. The van der Waals surface area contributed by atoms with E-state index in [9.17, 15) is 14.4 Å². The Hall–Kier alpha value is -4.43. The second-order valence-corrected chi connectivity index (χ2v) is 9.16. The van der Waals surface area contributed by atoms with Gasteiger partial charge in [-0.05, 0) is 31.9 Å². The van der Waals surface area contributed by atoms with Gasteiger partial charge in [0.05, 0.1) is 24.3 Å². The molecule has 5 rings (SSSR count). The van der Waals surface area contributed by atoms with Gasteiger partial charge in [-0.2, -0.15) is 0 Å². The summed E-state index contributed by atoms with van der Waals surface area (Å²) in [4.78, 5) is 50.7. The molecule has 1 amide bonds. The summed E-state index contributed by atoms with van der Waals surface area (Å²) in [6.07, 6.45) is 1.76. The fraction of sp³-hybridized carbons (Fsp3) is 0.346. The first kappa shape index (κ1) is 24.3. The van der Waals surface area contributed by atoms with Crippen molar-refractivity contribution >= 4 is 33.8 Å². The molecule has 1 aliphatic rings. The monoisotopic (exact) mass is 500 g/mol. The van der Waals surface area contributed by atoms with Gasteiger partial charge in [-0.25, -0.2) is 14.3 Å². The number of para-hydroxylation sites is 1. The molecule has 0 aliphatic carbocycles. The lowest BCUT2D eigenvalue weighted by Gasteiger charge is -2.31. The van der Waals surface area contributed by atoms with Crippen molar-refractivity contribution in [2.24, 2.45) is 11.5 Å². The van der Waals surface area contributed by atoms with Gasteiger partial charge >= 0.3 is 0 Å². The van der Waals surface area contributed by atoms with Crippen molar-refractivity contribution in [1.82, 2.24) is 23.9 Å². The summed E-state index contributed by atoms with van der Waals surface area (Å²) in [7, 11) is 0. The lowest BCUT2D eigenvalue weighted by molar-refractivity contribution is -0.119. The van der Waals surface area contributed by atoms with Crippen molar-refractivity contribution in [1.29, 1.82) is 0 Å². The average Bonchev–Trinajstić information content (AvgIpc) is 3.27. The summed E-state index contributed by atoms with van der Waals surface area (Å²) in [5, 5.41) is 0.948. The molecule has 4 heterocycles. The number of piperidine rings is 1. The molecule has 3 aromatic heterocycles. The normalized spacial score (nSPS) is 15.6. The summed E-state index contributed by atoms with van der Waals surface area (Å²) < 4.78 is 3.95. The topological polar surface area (TPSA) is 147 Å². The molecule has 1 atom stereocenters. The van der Waals surface area contributed by atoms with Crippen molar-refractivity contribution in [3.05, 3.63) is 62.8 Å². The standard InChI is InChI=1S/C26H28N8O3/c1-2-3-13-32-23-22(30-26(32)31-12-6-8-18(27)14-31)24(36)34(16-21(28)35)33(25(23)37)15-19-11-10-17-7-4-5-9-20(17)29-19/h4-5,7,9-11,18H,6,8,12-16,27H2,1H3,(H2,28,35)/t18-/m1/s1. The Bertz CT molecular complexity index is 1690. The van der Waals surface area contributed by atoms with Crippen LogP contribution in [0.4, 0.5) is 5.95 Å². The molecule has 0 saturated carbocycles. The van der Waals surface area contributed by atoms with Gasteiger partial charge in [0.2, 0.25) is 11.9 Å². The molecular weight excluding hydrogens is 472 g/mol. The van der Waals surface area contributed by atoms with Gasteiger partial charge in [-0.15, -0.1) is 5.92 Å². The number of imidazole rings is 1. The number of pyridine rings is 1. The second-order valence-electron chi connectivity index (χ2n) is 9.16. The molecule has 1 aliphatic heterocycles. The first-order chi connectivity index (χ1) is 17.9. The van der Waals surface area contributed by atoms with Crippen molar-refractivity contribution in [3.8, 4) is 11.8 Å². The van der Waals surface area contributed by atoms with E-state index >= 15 is 0 Å². The van der Waals surface area contributed by atoms with Crippen molar-refractivity contribution in [2.45, 2.75) is 45.4 Å².